The molecule has 3 heterocycles. The van der Waals surface area contributed by atoms with E-state index in [-0.39, 0.29) is 18.5 Å². The van der Waals surface area contributed by atoms with E-state index in [1.54, 1.807) is 12.4 Å². The van der Waals surface area contributed by atoms with Crippen LogP contribution in [0.4, 0.5) is 11.8 Å². The van der Waals surface area contributed by atoms with Gasteiger partial charge in [-0.2, -0.15) is 0 Å². The highest BCUT2D eigenvalue weighted by atomic mass is 16.1. The van der Waals surface area contributed by atoms with Crippen LogP contribution in [-0.2, 0) is 4.79 Å². The van der Waals surface area contributed by atoms with Crippen molar-refractivity contribution in [3.05, 3.63) is 41.9 Å². The predicted octanol–water partition coefficient (Wildman–Crippen LogP) is 1.55. The van der Waals surface area contributed by atoms with Gasteiger partial charge in [0.1, 0.15) is 5.82 Å². The fourth-order valence-corrected chi connectivity index (χ4v) is 2.83. The van der Waals surface area contributed by atoms with Gasteiger partial charge in [-0.1, -0.05) is 6.07 Å². The van der Waals surface area contributed by atoms with Crippen molar-refractivity contribution in [3.8, 4) is 0 Å². The Morgan fingerprint density at radius 2 is 2.26 bits per heavy atom. The van der Waals surface area contributed by atoms with E-state index in [9.17, 15) is 4.79 Å². The summed E-state index contributed by atoms with van der Waals surface area (Å²) in [6, 6.07) is 5.86. The molecular weight excluding hydrogens is 292 g/mol. The van der Waals surface area contributed by atoms with Crippen LogP contribution < -0.4 is 11.1 Å². The van der Waals surface area contributed by atoms with E-state index in [1.165, 1.54) is 0 Å². The second kappa shape index (κ2) is 6.70. The number of nitrogens with zero attached hydrogens (tertiary/aromatic N) is 4. The number of pyridine rings is 1. The lowest BCUT2D eigenvalue weighted by molar-refractivity contribution is -0.119. The quantitative estimate of drug-likeness (QED) is 0.869. The molecule has 1 saturated heterocycles. The van der Waals surface area contributed by atoms with Gasteiger partial charge >= 0.3 is 0 Å². The molecule has 7 heteroatoms. The number of carbonyl (C=O) groups excluding carboxylic acids is 1. The van der Waals surface area contributed by atoms with Crippen molar-refractivity contribution in [2.24, 2.45) is 5.73 Å². The molecule has 1 aliphatic heterocycles. The van der Waals surface area contributed by atoms with Crippen LogP contribution in [0.5, 0.6) is 0 Å². The maximum absolute atomic E-state index is 11.2. The number of hydrogen-bond donors (Lipinski definition) is 2. The maximum atomic E-state index is 11.2. The smallest absolute Gasteiger partial charge is 0.231 e. The van der Waals surface area contributed by atoms with E-state index >= 15 is 0 Å². The summed E-state index contributed by atoms with van der Waals surface area (Å²) in [6.45, 7) is 3.11. The number of nitrogens with two attached hydrogens (primary N) is 1. The number of amides is 1. The molecule has 1 atom stereocenters. The minimum Gasteiger partial charge on any atom is -0.369 e. The Labute approximate surface area is 135 Å². The molecule has 23 heavy (non-hydrogen) atoms. The van der Waals surface area contributed by atoms with Gasteiger partial charge in [-0.05, 0) is 44.0 Å². The lowest BCUT2D eigenvalue weighted by Crippen LogP contribution is -2.33. The topological polar surface area (TPSA) is 97.0 Å². The van der Waals surface area contributed by atoms with E-state index in [4.69, 9.17) is 5.73 Å². The number of hydrogen-bond acceptors (Lipinski definition) is 6. The summed E-state index contributed by atoms with van der Waals surface area (Å²) in [4.78, 5) is 26.4. The van der Waals surface area contributed by atoms with Crippen LogP contribution in [0, 0.1) is 6.92 Å². The summed E-state index contributed by atoms with van der Waals surface area (Å²) in [5.41, 5.74) is 7.32. The molecular formula is C16H20N6O. The molecule has 7 nitrogen and oxygen atoms in total. The van der Waals surface area contributed by atoms with Crippen molar-refractivity contribution in [1.29, 1.82) is 0 Å². The van der Waals surface area contributed by atoms with Gasteiger partial charge in [-0.15, -0.1) is 0 Å². The standard InChI is InChI=1S/C16H20N6O/c1-11-4-5-15(19-9-11)21-16-18-7-6-12(20-16)13-3-2-8-22(13)10-14(17)23/h4-7,9,13H,2-3,8,10H2,1H3,(H2,17,23)(H,18,19,20,21)/t13-/m0/s1. The van der Waals surface area contributed by atoms with E-state index in [1.807, 2.05) is 25.1 Å². The van der Waals surface area contributed by atoms with Crippen molar-refractivity contribution < 1.29 is 4.79 Å². The zero-order valence-corrected chi connectivity index (χ0v) is 13.1. The molecule has 3 rings (SSSR count). The van der Waals surface area contributed by atoms with Gasteiger partial charge in [0.15, 0.2) is 0 Å². The molecule has 0 aliphatic carbocycles. The third kappa shape index (κ3) is 3.81. The minimum atomic E-state index is -0.312. The lowest BCUT2D eigenvalue weighted by atomic mass is 10.1. The monoisotopic (exact) mass is 312 g/mol. The number of carbonyl (C=O) groups is 1. The number of anilines is 2. The first kappa shape index (κ1) is 15.4. The first-order valence-electron chi connectivity index (χ1n) is 7.67. The van der Waals surface area contributed by atoms with Crippen molar-refractivity contribution >= 4 is 17.7 Å². The maximum Gasteiger partial charge on any atom is 0.231 e. The molecule has 1 fully saturated rings. The molecule has 0 spiro atoms. The highest BCUT2D eigenvalue weighted by Crippen LogP contribution is 2.30. The second-order valence-electron chi connectivity index (χ2n) is 5.75. The molecule has 0 saturated carbocycles. The molecule has 3 N–H and O–H groups in total. The number of rotatable bonds is 5. The molecule has 2 aromatic heterocycles. The second-order valence-corrected chi connectivity index (χ2v) is 5.75. The van der Waals surface area contributed by atoms with Crippen LogP contribution in [0.1, 0.15) is 30.1 Å². The van der Waals surface area contributed by atoms with Gasteiger partial charge in [0.2, 0.25) is 11.9 Å². The number of nitrogens with one attached hydrogen (secondary N) is 1. The van der Waals surface area contributed by atoms with Crippen LogP contribution in [0.25, 0.3) is 0 Å². The number of primary amides is 1. The Balaban J connectivity index is 1.76. The summed E-state index contributed by atoms with van der Waals surface area (Å²) < 4.78 is 0. The molecule has 1 amide bonds. The number of likely N-dealkylation sites (tertiary alicyclic amines) is 1. The Bertz CT molecular complexity index is 687. The lowest BCUT2D eigenvalue weighted by Gasteiger charge is -2.22. The zero-order valence-electron chi connectivity index (χ0n) is 13.1. The van der Waals surface area contributed by atoms with Crippen molar-refractivity contribution in [3.63, 3.8) is 0 Å². The molecule has 2 aromatic rings. The zero-order chi connectivity index (χ0) is 16.2. The van der Waals surface area contributed by atoms with Gasteiger partial charge in [0, 0.05) is 12.4 Å². The molecule has 0 radical (unpaired) electrons. The van der Waals surface area contributed by atoms with Gasteiger partial charge in [0.25, 0.3) is 0 Å². The summed E-state index contributed by atoms with van der Waals surface area (Å²) >= 11 is 0. The average molecular weight is 312 g/mol. The van der Waals surface area contributed by atoms with Crippen LogP contribution in [0.2, 0.25) is 0 Å². The number of aromatic nitrogens is 3. The van der Waals surface area contributed by atoms with Gasteiger partial charge < -0.3 is 11.1 Å². The van der Waals surface area contributed by atoms with Crippen molar-refractivity contribution in [2.75, 3.05) is 18.4 Å². The van der Waals surface area contributed by atoms with Crippen LogP contribution in [0.15, 0.2) is 30.6 Å². The van der Waals surface area contributed by atoms with Gasteiger partial charge in [-0.25, -0.2) is 15.0 Å². The first-order valence-corrected chi connectivity index (χ1v) is 7.67. The van der Waals surface area contributed by atoms with E-state index in [0.29, 0.717) is 11.8 Å². The highest BCUT2D eigenvalue weighted by Gasteiger charge is 2.28. The summed E-state index contributed by atoms with van der Waals surface area (Å²) in [5.74, 6) is 0.895. The molecule has 1 aliphatic rings. The number of aryl methyl sites for hydroxylation is 1. The normalized spacial score (nSPS) is 18.0. The SMILES string of the molecule is Cc1ccc(Nc2nccc([C@@H]3CCCN3CC(N)=O)n2)nc1. The largest absolute Gasteiger partial charge is 0.369 e. The third-order valence-electron chi connectivity index (χ3n) is 3.89. The average Bonchev–Trinajstić information content (AvgIpc) is 2.97. The Hall–Kier alpha value is -2.54. The predicted molar refractivity (Wildman–Crippen MR) is 87.0 cm³/mol. The van der Waals surface area contributed by atoms with Gasteiger partial charge in [0.05, 0.1) is 18.3 Å². The van der Waals surface area contributed by atoms with E-state index in [0.717, 1.165) is 30.6 Å². The fraction of sp³-hybridized carbons (Fsp3) is 0.375. The van der Waals surface area contributed by atoms with Crippen molar-refractivity contribution in [1.82, 2.24) is 19.9 Å². The van der Waals surface area contributed by atoms with E-state index in [2.05, 4.69) is 25.2 Å². The Morgan fingerprint density at radius 3 is 3.00 bits per heavy atom. The molecule has 0 unspecified atom stereocenters. The molecule has 0 aromatic carbocycles. The minimum absolute atomic E-state index is 0.108. The van der Waals surface area contributed by atoms with Gasteiger partial charge in [-0.3, -0.25) is 9.69 Å². The van der Waals surface area contributed by atoms with Crippen molar-refractivity contribution in [2.45, 2.75) is 25.8 Å². The first-order chi connectivity index (χ1) is 11.1. The fourth-order valence-electron chi connectivity index (χ4n) is 2.83. The van der Waals surface area contributed by atoms with E-state index < -0.39 is 0 Å². The Kier molecular flexibility index (Phi) is 4.47. The Morgan fingerprint density at radius 1 is 1.39 bits per heavy atom. The molecule has 0 bridgehead atoms. The van der Waals surface area contributed by atoms with Crippen LogP contribution in [0.3, 0.4) is 0 Å². The highest BCUT2D eigenvalue weighted by molar-refractivity contribution is 5.76. The van der Waals surface area contributed by atoms with Crippen LogP contribution >= 0.6 is 0 Å². The third-order valence-corrected chi connectivity index (χ3v) is 3.89. The summed E-state index contributed by atoms with van der Waals surface area (Å²) in [5, 5.41) is 3.11. The molecule has 120 valence electrons. The van der Waals surface area contributed by atoms with Crippen LogP contribution in [-0.4, -0.2) is 38.8 Å². The summed E-state index contributed by atoms with van der Waals surface area (Å²) in [7, 11) is 0. The summed E-state index contributed by atoms with van der Waals surface area (Å²) in [6.07, 6.45) is 5.51.